The van der Waals surface area contributed by atoms with Crippen molar-refractivity contribution < 1.29 is 9.90 Å². The molecule has 88 valence electrons. The Bertz CT molecular complexity index is 541. The highest BCUT2D eigenvalue weighted by Gasteiger charge is 2.13. The Balaban J connectivity index is 2.22. The smallest absolute Gasteiger partial charge is 0.356 e. The number of carboxylic acid groups (broad SMARTS) is 1. The molecular weight excluding hydrogens is 216 g/mol. The van der Waals surface area contributed by atoms with Crippen molar-refractivity contribution in [1.29, 1.82) is 0 Å². The van der Waals surface area contributed by atoms with E-state index >= 15 is 0 Å². The molecule has 1 aromatic carbocycles. The Kier molecular flexibility index (Phi) is 2.95. The van der Waals surface area contributed by atoms with Gasteiger partial charge in [0.1, 0.15) is 5.82 Å². The minimum atomic E-state index is -0.992. The summed E-state index contributed by atoms with van der Waals surface area (Å²) in [6.07, 6.45) is 0.619. The quantitative estimate of drug-likeness (QED) is 0.850. The number of hydrogen-bond donors (Lipinski definition) is 2. The predicted molar refractivity (Wildman–Crippen MR) is 64.3 cm³/mol. The molecule has 4 heteroatoms. The minimum absolute atomic E-state index is 0.104. The Morgan fingerprint density at radius 2 is 1.94 bits per heavy atom. The zero-order valence-electron chi connectivity index (χ0n) is 9.82. The van der Waals surface area contributed by atoms with Crippen LogP contribution in [0.2, 0.25) is 0 Å². The first kappa shape index (κ1) is 11.4. The van der Waals surface area contributed by atoms with Gasteiger partial charge in [0.15, 0.2) is 5.69 Å². The van der Waals surface area contributed by atoms with E-state index in [1.54, 1.807) is 6.92 Å². The molecule has 0 amide bonds. The number of H-pyrrole nitrogens is 1. The zero-order chi connectivity index (χ0) is 12.4. The minimum Gasteiger partial charge on any atom is -0.476 e. The van der Waals surface area contributed by atoms with Gasteiger partial charge in [-0.2, -0.15) is 0 Å². The van der Waals surface area contributed by atoms with Gasteiger partial charge >= 0.3 is 5.97 Å². The number of aromatic amines is 1. The summed E-state index contributed by atoms with van der Waals surface area (Å²) in [6, 6.07) is 8.10. The molecule has 0 saturated heterocycles. The molecule has 1 heterocycles. The molecule has 1 aromatic heterocycles. The second kappa shape index (κ2) is 4.41. The molecule has 4 nitrogen and oxygen atoms in total. The first-order chi connectivity index (χ1) is 8.06. The third-order valence-electron chi connectivity index (χ3n) is 2.63. The van der Waals surface area contributed by atoms with E-state index in [9.17, 15) is 4.79 Å². The molecule has 0 unspecified atom stereocenters. The van der Waals surface area contributed by atoms with Crippen LogP contribution in [-0.4, -0.2) is 21.0 Å². The van der Waals surface area contributed by atoms with Crippen molar-refractivity contribution in [2.24, 2.45) is 0 Å². The van der Waals surface area contributed by atoms with E-state index in [1.807, 2.05) is 31.2 Å². The van der Waals surface area contributed by atoms with E-state index in [-0.39, 0.29) is 5.69 Å². The lowest BCUT2D eigenvalue weighted by atomic mass is 10.1. The van der Waals surface area contributed by atoms with Crippen molar-refractivity contribution >= 4 is 5.97 Å². The Morgan fingerprint density at radius 3 is 2.47 bits per heavy atom. The molecule has 2 aromatic rings. The molecule has 0 saturated carbocycles. The van der Waals surface area contributed by atoms with E-state index in [0.717, 1.165) is 5.56 Å². The number of rotatable bonds is 3. The van der Waals surface area contributed by atoms with Crippen LogP contribution in [0.4, 0.5) is 0 Å². The van der Waals surface area contributed by atoms with Gasteiger partial charge < -0.3 is 10.1 Å². The molecule has 2 rings (SSSR count). The van der Waals surface area contributed by atoms with E-state index in [4.69, 9.17) is 5.11 Å². The monoisotopic (exact) mass is 230 g/mol. The molecule has 0 radical (unpaired) electrons. The van der Waals surface area contributed by atoms with Crippen LogP contribution in [-0.2, 0) is 6.42 Å². The lowest BCUT2D eigenvalue weighted by molar-refractivity contribution is 0.0690. The van der Waals surface area contributed by atoms with Gasteiger partial charge in [0.25, 0.3) is 0 Å². The number of carbonyl (C=O) groups is 1. The number of aromatic carboxylic acids is 1. The average molecular weight is 230 g/mol. The number of aromatic nitrogens is 2. The maximum absolute atomic E-state index is 10.8. The largest absolute Gasteiger partial charge is 0.476 e. The van der Waals surface area contributed by atoms with Crippen molar-refractivity contribution in [2.45, 2.75) is 20.3 Å². The third kappa shape index (κ3) is 2.53. The number of benzene rings is 1. The number of nitrogens with one attached hydrogen (secondary N) is 1. The van der Waals surface area contributed by atoms with Crippen molar-refractivity contribution in [3.8, 4) is 0 Å². The van der Waals surface area contributed by atoms with Crippen LogP contribution < -0.4 is 0 Å². The molecular formula is C13H14N2O2. The summed E-state index contributed by atoms with van der Waals surface area (Å²) in [5.41, 5.74) is 3.02. The normalized spacial score (nSPS) is 10.5. The number of nitrogens with zero attached hydrogens (tertiary/aromatic N) is 1. The zero-order valence-corrected chi connectivity index (χ0v) is 9.82. The number of carboxylic acids is 1. The highest BCUT2D eigenvalue weighted by Crippen LogP contribution is 2.11. The number of aryl methyl sites for hydroxylation is 2. The molecule has 0 spiro atoms. The first-order valence-electron chi connectivity index (χ1n) is 5.40. The summed E-state index contributed by atoms with van der Waals surface area (Å²) in [5, 5.41) is 8.90. The molecule has 0 fully saturated rings. The summed E-state index contributed by atoms with van der Waals surface area (Å²) < 4.78 is 0. The fourth-order valence-corrected chi connectivity index (χ4v) is 1.71. The summed E-state index contributed by atoms with van der Waals surface area (Å²) in [6.45, 7) is 3.75. The van der Waals surface area contributed by atoms with E-state index in [2.05, 4.69) is 9.97 Å². The molecule has 0 aliphatic heterocycles. The molecule has 0 bridgehead atoms. The van der Waals surface area contributed by atoms with Gasteiger partial charge in [-0.25, -0.2) is 9.78 Å². The van der Waals surface area contributed by atoms with E-state index in [0.29, 0.717) is 17.9 Å². The second-order valence-electron chi connectivity index (χ2n) is 4.12. The summed E-state index contributed by atoms with van der Waals surface area (Å²) >= 11 is 0. The van der Waals surface area contributed by atoms with E-state index in [1.165, 1.54) is 5.56 Å². The van der Waals surface area contributed by atoms with Crippen LogP contribution >= 0.6 is 0 Å². The Hall–Kier alpha value is -2.10. The fourth-order valence-electron chi connectivity index (χ4n) is 1.71. The van der Waals surface area contributed by atoms with Crippen LogP contribution in [0.25, 0.3) is 0 Å². The van der Waals surface area contributed by atoms with Crippen LogP contribution in [0.1, 0.15) is 33.1 Å². The second-order valence-corrected chi connectivity index (χ2v) is 4.12. The maximum atomic E-state index is 10.8. The first-order valence-corrected chi connectivity index (χ1v) is 5.40. The Labute approximate surface area is 99.3 Å². The van der Waals surface area contributed by atoms with Gasteiger partial charge in [-0.05, 0) is 19.4 Å². The number of hydrogen-bond acceptors (Lipinski definition) is 2. The Morgan fingerprint density at radius 1 is 1.29 bits per heavy atom. The lowest BCUT2D eigenvalue weighted by Gasteiger charge is -1.98. The highest BCUT2D eigenvalue weighted by atomic mass is 16.4. The standard InChI is InChI=1S/C13H14N2O2/c1-8-3-5-10(6-4-8)7-11-14-9(2)12(15-11)13(16)17/h3-6H,7H2,1-2H3,(H,14,15)(H,16,17). The van der Waals surface area contributed by atoms with Gasteiger partial charge in [0.2, 0.25) is 0 Å². The average Bonchev–Trinajstić information content (AvgIpc) is 2.63. The topological polar surface area (TPSA) is 66.0 Å². The van der Waals surface area contributed by atoms with Crippen molar-refractivity contribution in [3.63, 3.8) is 0 Å². The van der Waals surface area contributed by atoms with E-state index < -0.39 is 5.97 Å². The molecule has 0 atom stereocenters. The van der Waals surface area contributed by atoms with Crippen LogP contribution in [0.15, 0.2) is 24.3 Å². The van der Waals surface area contributed by atoms with Crippen molar-refractivity contribution in [1.82, 2.24) is 9.97 Å². The SMILES string of the molecule is Cc1ccc(Cc2nc(C(=O)O)c(C)[nH]2)cc1. The van der Waals surface area contributed by atoms with Crippen LogP contribution in [0.5, 0.6) is 0 Å². The predicted octanol–water partition coefficient (Wildman–Crippen LogP) is 2.32. The van der Waals surface area contributed by atoms with Gasteiger partial charge in [0, 0.05) is 12.1 Å². The summed E-state index contributed by atoms with van der Waals surface area (Å²) in [7, 11) is 0. The van der Waals surface area contributed by atoms with Gasteiger partial charge in [-0.3, -0.25) is 0 Å². The molecule has 2 N–H and O–H groups in total. The van der Waals surface area contributed by atoms with Gasteiger partial charge in [0.05, 0.1) is 0 Å². The summed E-state index contributed by atoms with van der Waals surface area (Å²) in [4.78, 5) is 17.9. The fraction of sp³-hybridized carbons (Fsp3) is 0.231. The lowest BCUT2D eigenvalue weighted by Crippen LogP contribution is -1.99. The van der Waals surface area contributed by atoms with Crippen LogP contribution in [0, 0.1) is 13.8 Å². The maximum Gasteiger partial charge on any atom is 0.356 e. The van der Waals surface area contributed by atoms with Gasteiger partial charge in [-0.1, -0.05) is 29.8 Å². The molecule has 0 aliphatic carbocycles. The number of imidazole rings is 1. The summed E-state index contributed by atoms with van der Waals surface area (Å²) in [5.74, 6) is -0.308. The third-order valence-corrected chi connectivity index (χ3v) is 2.63. The molecule has 0 aliphatic rings. The molecule has 17 heavy (non-hydrogen) atoms. The highest BCUT2D eigenvalue weighted by molar-refractivity contribution is 5.86. The van der Waals surface area contributed by atoms with Crippen LogP contribution in [0.3, 0.4) is 0 Å². The van der Waals surface area contributed by atoms with Crippen molar-refractivity contribution in [3.05, 3.63) is 52.6 Å². The van der Waals surface area contributed by atoms with Crippen molar-refractivity contribution in [2.75, 3.05) is 0 Å². The van der Waals surface area contributed by atoms with Gasteiger partial charge in [-0.15, -0.1) is 0 Å².